The number of hydrogen-bond acceptors (Lipinski definition) is 2. The van der Waals surface area contributed by atoms with Crippen LogP contribution < -0.4 is 5.32 Å². The minimum Gasteiger partial charge on any atom is -0.310 e. The summed E-state index contributed by atoms with van der Waals surface area (Å²) in [4.78, 5) is 12.6. The van der Waals surface area contributed by atoms with Gasteiger partial charge in [-0.05, 0) is 55.1 Å². The van der Waals surface area contributed by atoms with Gasteiger partial charge in [0.2, 0.25) is 0 Å². The van der Waals surface area contributed by atoms with E-state index in [1.165, 1.54) is 36.8 Å². The van der Waals surface area contributed by atoms with E-state index >= 15 is 0 Å². The summed E-state index contributed by atoms with van der Waals surface area (Å²) in [6.45, 7) is 6.54. The van der Waals surface area contributed by atoms with Crippen LogP contribution in [-0.2, 0) is 4.79 Å². The summed E-state index contributed by atoms with van der Waals surface area (Å²) in [7, 11) is 0. The Kier molecular flexibility index (Phi) is 5.21. The van der Waals surface area contributed by atoms with Gasteiger partial charge >= 0.3 is 0 Å². The van der Waals surface area contributed by atoms with Crippen LogP contribution in [0.5, 0.6) is 0 Å². The lowest BCUT2D eigenvalue weighted by Crippen LogP contribution is -2.47. The predicted octanol–water partition coefficient (Wildman–Crippen LogP) is 4.79. The number of nitrogens with one attached hydrogen (secondary N) is 1. The lowest BCUT2D eigenvalue weighted by molar-refractivity contribution is -0.124. The molecular formula is C21H31NO. The quantitative estimate of drug-likeness (QED) is 0.818. The Balaban J connectivity index is 1.85. The summed E-state index contributed by atoms with van der Waals surface area (Å²) < 4.78 is 0. The Hall–Kier alpha value is -1.15. The second-order valence-corrected chi connectivity index (χ2v) is 7.42. The van der Waals surface area contributed by atoms with Crippen molar-refractivity contribution in [3.63, 3.8) is 0 Å². The molecule has 3 rings (SSSR count). The Labute approximate surface area is 141 Å². The Morgan fingerprint density at radius 3 is 2.43 bits per heavy atom. The Morgan fingerprint density at radius 1 is 1.13 bits per heavy atom. The van der Waals surface area contributed by atoms with E-state index in [0.29, 0.717) is 36.1 Å². The fourth-order valence-corrected chi connectivity index (χ4v) is 4.86. The van der Waals surface area contributed by atoms with E-state index in [1.54, 1.807) is 0 Å². The number of ketones is 1. The van der Waals surface area contributed by atoms with Gasteiger partial charge in [-0.3, -0.25) is 4.79 Å². The molecule has 1 aromatic rings. The summed E-state index contributed by atoms with van der Waals surface area (Å²) in [5, 5.41) is 3.68. The first kappa shape index (κ1) is 16.7. The third-order valence-electron chi connectivity index (χ3n) is 6.22. The van der Waals surface area contributed by atoms with Gasteiger partial charge in [-0.2, -0.15) is 0 Å². The molecule has 1 aromatic carbocycles. The molecule has 2 aliphatic heterocycles. The Morgan fingerprint density at radius 2 is 1.83 bits per heavy atom. The van der Waals surface area contributed by atoms with Crippen molar-refractivity contribution in [2.75, 3.05) is 0 Å². The van der Waals surface area contributed by atoms with Crippen molar-refractivity contribution in [1.82, 2.24) is 5.32 Å². The average Bonchev–Trinajstić information content (AvgIpc) is 2.97. The first-order valence-electron chi connectivity index (χ1n) is 9.56. The normalized spacial score (nSPS) is 29.9. The zero-order valence-corrected chi connectivity index (χ0v) is 14.8. The number of benzene rings is 1. The average molecular weight is 313 g/mol. The van der Waals surface area contributed by atoms with Gasteiger partial charge in [0, 0.05) is 24.4 Å². The molecule has 4 atom stereocenters. The van der Waals surface area contributed by atoms with Gasteiger partial charge in [-0.25, -0.2) is 0 Å². The topological polar surface area (TPSA) is 29.1 Å². The van der Waals surface area contributed by atoms with Crippen LogP contribution >= 0.6 is 0 Å². The monoisotopic (exact) mass is 313 g/mol. The largest absolute Gasteiger partial charge is 0.310 e. The van der Waals surface area contributed by atoms with Crippen molar-refractivity contribution in [3.8, 4) is 0 Å². The highest BCUT2D eigenvalue weighted by molar-refractivity contribution is 5.82. The van der Waals surface area contributed by atoms with Crippen molar-refractivity contribution >= 4 is 5.78 Å². The molecule has 1 N–H and O–H groups in total. The third-order valence-corrected chi connectivity index (χ3v) is 6.22. The lowest BCUT2D eigenvalue weighted by Gasteiger charge is -2.37. The number of carbonyl (C=O) groups excluding carboxylic acids is 1. The summed E-state index contributed by atoms with van der Waals surface area (Å²) in [6.07, 6.45) is 6.59. The van der Waals surface area contributed by atoms with Gasteiger partial charge in [-0.15, -0.1) is 0 Å². The van der Waals surface area contributed by atoms with Gasteiger partial charge in [-0.1, -0.05) is 45.0 Å². The van der Waals surface area contributed by atoms with Crippen LogP contribution in [0.25, 0.3) is 0 Å². The van der Waals surface area contributed by atoms with E-state index in [9.17, 15) is 4.79 Å². The van der Waals surface area contributed by atoms with E-state index in [1.807, 2.05) is 6.92 Å². The first-order chi connectivity index (χ1) is 11.2. The standard InChI is InChI=1S/C21H31NO/c1-4-14(5-2)15-7-9-16(10-8-15)18-13-17-11-12-19(22-17)21(18)20(23)6-3/h7-10,14,17-19,21-22H,4-6,11-13H2,1-3H3/t17-,18+,19+,21-/m0/s1. The Bertz CT molecular complexity index is 531. The number of fused-ring (bicyclic) bond motifs is 2. The maximum Gasteiger partial charge on any atom is 0.137 e. The molecule has 2 heterocycles. The maximum absolute atomic E-state index is 12.6. The molecule has 23 heavy (non-hydrogen) atoms. The predicted molar refractivity (Wildman–Crippen MR) is 95.9 cm³/mol. The number of carbonyl (C=O) groups is 1. The van der Waals surface area contributed by atoms with Crippen LogP contribution in [0, 0.1) is 5.92 Å². The van der Waals surface area contributed by atoms with Crippen molar-refractivity contribution in [3.05, 3.63) is 35.4 Å². The number of rotatable bonds is 6. The van der Waals surface area contributed by atoms with E-state index in [-0.39, 0.29) is 5.92 Å². The zero-order valence-electron chi connectivity index (χ0n) is 14.8. The summed E-state index contributed by atoms with van der Waals surface area (Å²) in [5.74, 6) is 1.70. The maximum atomic E-state index is 12.6. The molecule has 2 saturated heterocycles. The molecule has 0 radical (unpaired) electrons. The second kappa shape index (κ2) is 7.17. The van der Waals surface area contributed by atoms with Crippen LogP contribution in [0.4, 0.5) is 0 Å². The third kappa shape index (κ3) is 3.24. The molecule has 0 spiro atoms. The molecule has 2 nitrogen and oxygen atoms in total. The van der Waals surface area contributed by atoms with Crippen LogP contribution in [0.15, 0.2) is 24.3 Å². The van der Waals surface area contributed by atoms with Crippen LogP contribution in [0.2, 0.25) is 0 Å². The first-order valence-corrected chi connectivity index (χ1v) is 9.56. The van der Waals surface area contributed by atoms with Gasteiger partial charge in [0.1, 0.15) is 5.78 Å². The highest BCUT2D eigenvalue weighted by Crippen LogP contribution is 2.42. The molecule has 0 saturated carbocycles. The molecule has 0 unspecified atom stereocenters. The molecule has 0 amide bonds. The molecular weight excluding hydrogens is 282 g/mol. The van der Waals surface area contributed by atoms with Crippen LogP contribution in [0.1, 0.15) is 82.3 Å². The van der Waals surface area contributed by atoms with Gasteiger partial charge in [0.25, 0.3) is 0 Å². The van der Waals surface area contributed by atoms with Crippen molar-refractivity contribution in [2.45, 2.75) is 83.2 Å². The van der Waals surface area contributed by atoms with Gasteiger partial charge in [0.15, 0.2) is 0 Å². The van der Waals surface area contributed by atoms with E-state index < -0.39 is 0 Å². The highest BCUT2D eigenvalue weighted by atomic mass is 16.1. The number of hydrogen-bond donors (Lipinski definition) is 1. The van der Waals surface area contributed by atoms with Crippen molar-refractivity contribution in [2.24, 2.45) is 5.92 Å². The van der Waals surface area contributed by atoms with Crippen molar-refractivity contribution in [1.29, 1.82) is 0 Å². The van der Waals surface area contributed by atoms with Gasteiger partial charge in [0.05, 0.1) is 0 Å². The fourth-order valence-electron chi connectivity index (χ4n) is 4.86. The summed E-state index contributed by atoms with van der Waals surface area (Å²) in [6, 6.07) is 10.3. The van der Waals surface area contributed by atoms with Gasteiger partial charge < -0.3 is 5.32 Å². The van der Waals surface area contributed by atoms with E-state index in [2.05, 4.69) is 43.4 Å². The fraction of sp³-hybridized carbons (Fsp3) is 0.667. The smallest absolute Gasteiger partial charge is 0.137 e. The molecule has 126 valence electrons. The minimum absolute atomic E-state index is 0.178. The van der Waals surface area contributed by atoms with E-state index in [4.69, 9.17) is 0 Å². The van der Waals surface area contributed by atoms with Crippen LogP contribution in [0.3, 0.4) is 0 Å². The molecule has 2 bridgehead atoms. The SMILES string of the molecule is CCC(=O)[C@H]1[C@@H](c2ccc(C(CC)CC)cc2)C[C@@H]2CC[C@H]1N2. The molecule has 0 aromatic heterocycles. The summed E-state index contributed by atoms with van der Waals surface area (Å²) >= 11 is 0. The molecule has 0 aliphatic carbocycles. The number of piperidine rings is 1. The highest BCUT2D eigenvalue weighted by Gasteiger charge is 2.44. The van der Waals surface area contributed by atoms with E-state index in [0.717, 1.165) is 6.42 Å². The summed E-state index contributed by atoms with van der Waals surface area (Å²) in [5.41, 5.74) is 2.83. The zero-order chi connectivity index (χ0) is 16.4. The second-order valence-electron chi connectivity index (χ2n) is 7.42. The van der Waals surface area contributed by atoms with Crippen LogP contribution in [-0.4, -0.2) is 17.9 Å². The molecule has 2 aliphatic rings. The molecule has 2 fully saturated rings. The lowest BCUT2D eigenvalue weighted by atomic mass is 9.74. The molecule has 2 heteroatoms. The number of Topliss-reactive ketones (excluding diaryl/α,β-unsaturated/α-hetero) is 1. The minimum atomic E-state index is 0.178. The van der Waals surface area contributed by atoms with Crippen molar-refractivity contribution < 1.29 is 4.79 Å².